The predicted octanol–water partition coefficient (Wildman–Crippen LogP) is 3.57. The second kappa shape index (κ2) is 7.57. The summed E-state index contributed by atoms with van der Waals surface area (Å²) in [5.74, 6) is 0. The average molecular weight is 345 g/mol. The van der Waals surface area contributed by atoms with Gasteiger partial charge in [-0.25, -0.2) is 0 Å². The Kier molecular flexibility index (Phi) is 6.69. The minimum Gasteiger partial charge on any atom is -0.321 e. The number of aryl methyl sites for hydroxylation is 1. The molecule has 0 saturated carbocycles. The summed E-state index contributed by atoms with van der Waals surface area (Å²) in [6.07, 6.45) is 3.93. The molecule has 4 nitrogen and oxygen atoms in total. The fourth-order valence-electron chi connectivity index (χ4n) is 3.37. The molecule has 1 atom stereocenters. The fraction of sp³-hybridized carbons (Fsp3) is 0.800. The number of rotatable bonds is 8. The molecule has 2 N–H and O–H groups in total. The maximum Gasteiger partial charge on any atom is 0.0712 e. The van der Waals surface area contributed by atoms with Crippen LogP contribution in [0.5, 0.6) is 0 Å². The molecule has 0 aliphatic rings. The van der Waals surface area contributed by atoms with Crippen molar-refractivity contribution < 1.29 is 0 Å². The van der Waals surface area contributed by atoms with E-state index in [0.29, 0.717) is 0 Å². The largest absolute Gasteiger partial charge is 0.321 e. The van der Waals surface area contributed by atoms with Crippen LogP contribution in [0.15, 0.2) is 10.7 Å². The van der Waals surface area contributed by atoms with Crippen LogP contribution in [0.2, 0.25) is 0 Å². The highest BCUT2D eigenvalue weighted by atomic mass is 79.9. The van der Waals surface area contributed by atoms with E-state index in [1.165, 1.54) is 0 Å². The first kappa shape index (κ1) is 17.7. The van der Waals surface area contributed by atoms with Crippen molar-refractivity contribution in [3.8, 4) is 0 Å². The Morgan fingerprint density at radius 3 is 2.20 bits per heavy atom. The van der Waals surface area contributed by atoms with Crippen LogP contribution < -0.4 is 5.73 Å². The van der Waals surface area contributed by atoms with Crippen LogP contribution in [0.4, 0.5) is 0 Å². The molecule has 5 heteroatoms. The van der Waals surface area contributed by atoms with Crippen LogP contribution in [0.1, 0.15) is 59.2 Å². The van der Waals surface area contributed by atoms with Gasteiger partial charge >= 0.3 is 0 Å². The Balaban J connectivity index is 3.30. The van der Waals surface area contributed by atoms with Crippen molar-refractivity contribution in [1.82, 2.24) is 14.7 Å². The summed E-state index contributed by atoms with van der Waals surface area (Å²) >= 11 is 3.62. The van der Waals surface area contributed by atoms with Gasteiger partial charge in [-0.3, -0.25) is 9.58 Å². The smallest absolute Gasteiger partial charge is 0.0712 e. The molecule has 1 heterocycles. The summed E-state index contributed by atoms with van der Waals surface area (Å²) in [4.78, 5) is 2.50. The lowest BCUT2D eigenvalue weighted by Crippen LogP contribution is -2.55. The standard InChI is InChI=1S/C15H29BrN4/c1-6-15(7-2,19(8-3)9-4)14(17)13-12(16)11-18-20(13)10-5/h11,14H,6-10,17H2,1-5H3. The average Bonchev–Trinajstić information content (AvgIpc) is 2.85. The number of hydrogen-bond donors (Lipinski definition) is 1. The monoisotopic (exact) mass is 344 g/mol. The van der Waals surface area contributed by atoms with Gasteiger partial charge in [0.15, 0.2) is 0 Å². The molecule has 1 aromatic heterocycles. The molecule has 1 unspecified atom stereocenters. The zero-order chi connectivity index (χ0) is 15.3. The van der Waals surface area contributed by atoms with Crippen LogP contribution >= 0.6 is 15.9 Å². The highest BCUT2D eigenvalue weighted by molar-refractivity contribution is 9.10. The number of nitrogens with two attached hydrogens (primary N) is 1. The molecule has 20 heavy (non-hydrogen) atoms. The fourth-order valence-corrected chi connectivity index (χ4v) is 3.92. The Labute approximate surface area is 131 Å². The second-order valence-corrected chi connectivity index (χ2v) is 6.01. The van der Waals surface area contributed by atoms with Gasteiger partial charge in [0, 0.05) is 12.1 Å². The predicted molar refractivity (Wildman–Crippen MR) is 88.8 cm³/mol. The quantitative estimate of drug-likeness (QED) is 0.784. The van der Waals surface area contributed by atoms with E-state index in [9.17, 15) is 0 Å². The summed E-state index contributed by atoms with van der Waals surface area (Å²) in [6.45, 7) is 13.9. The highest BCUT2D eigenvalue weighted by Crippen LogP contribution is 2.38. The Bertz CT molecular complexity index is 408. The van der Waals surface area contributed by atoms with E-state index in [2.05, 4.69) is 60.5 Å². The first-order chi connectivity index (χ1) is 9.52. The molecule has 0 saturated heterocycles. The van der Waals surface area contributed by atoms with Gasteiger partial charge in [-0.1, -0.05) is 27.7 Å². The molecular formula is C15H29BrN4. The lowest BCUT2D eigenvalue weighted by molar-refractivity contribution is 0.0594. The van der Waals surface area contributed by atoms with E-state index in [0.717, 1.165) is 42.6 Å². The van der Waals surface area contributed by atoms with Gasteiger partial charge in [-0.15, -0.1) is 0 Å². The van der Waals surface area contributed by atoms with Crippen LogP contribution in [-0.2, 0) is 6.54 Å². The lowest BCUT2D eigenvalue weighted by Gasteiger charge is -2.46. The van der Waals surface area contributed by atoms with E-state index in [4.69, 9.17) is 5.73 Å². The third-order valence-electron chi connectivity index (χ3n) is 4.62. The van der Waals surface area contributed by atoms with E-state index in [1.807, 2.05) is 10.9 Å². The molecule has 0 bridgehead atoms. The topological polar surface area (TPSA) is 47.1 Å². The molecule has 0 aromatic carbocycles. The third kappa shape index (κ3) is 2.95. The van der Waals surface area contributed by atoms with Crippen molar-refractivity contribution in [3.63, 3.8) is 0 Å². The van der Waals surface area contributed by atoms with Crippen LogP contribution in [0.3, 0.4) is 0 Å². The Morgan fingerprint density at radius 1 is 1.25 bits per heavy atom. The molecule has 1 rings (SSSR count). The van der Waals surface area contributed by atoms with Crippen LogP contribution in [0.25, 0.3) is 0 Å². The van der Waals surface area contributed by atoms with Gasteiger partial charge in [0.25, 0.3) is 0 Å². The SMILES string of the molecule is CCN(CC)C(CC)(CC)C(N)c1c(Br)cnn1CC. The summed E-state index contributed by atoms with van der Waals surface area (Å²) in [5, 5.41) is 4.42. The van der Waals surface area contributed by atoms with E-state index >= 15 is 0 Å². The van der Waals surface area contributed by atoms with Crippen molar-refractivity contribution >= 4 is 15.9 Å². The van der Waals surface area contributed by atoms with Crippen LogP contribution in [0, 0.1) is 0 Å². The summed E-state index contributed by atoms with van der Waals surface area (Å²) in [5.41, 5.74) is 7.84. The van der Waals surface area contributed by atoms with Crippen molar-refractivity contribution in [3.05, 3.63) is 16.4 Å². The van der Waals surface area contributed by atoms with Crippen molar-refractivity contribution in [2.24, 2.45) is 5.73 Å². The number of nitrogens with zero attached hydrogens (tertiary/aromatic N) is 3. The van der Waals surface area contributed by atoms with Gasteiger partial charge in [-0.2, -0.15) is 5.10 Å². The Morgan fingerprint density at radius 2 is 1.80 bits per heavy atom. The van der Waals surface area contributed by atoms with Gasteiger partial charge in [-0.05, 0) is 48.8 Å². The zero-order valence-electron chi connectivity index (χ0n) is 13.5. The lowest BCUT2D eigenvalue weighted by atomic mass is 9.81. The van der Waals surface area contributed by atoms with Gasteiger partial charge in [0.2, 0.25) is 0 Å². The molecule has 116 valence electrons. The van der Waals surface area contributed by atoms with Gasteiger partial charge in [0.05, 0.1) is 22.4 Å². The molecule has 0 aliphatic heterocycles. The van der Waals surface area contributed by atoms with Crippen molar-refractivity contribution in [1.29, 1.82) is 0 Å². The van der Waals surface area contributed by atoms with E-state index < -0.39 is 0 Å². The van der Waals surface area contributed by atoms with Crippen molar-refractivity contribution in [2.45, 2.75) is 65.6 Å². The minimum absolute atomic E-state index is 0.0149. The molecule has 0 fully saturated rings. The number of likely N-dealkylation sites (N-methyl/N-ethyl adjacent to an activating group) is 1. The zero-order valence-corrected chi connectivity index (χ0v) is 15.1. The first-order valence-corrected chi connectivity index (χ1v) is 8.53. The van der Waals surface area contributed by atoms with Crippen molar-refractivity contribution in [2.75, 3.05) is 13.1 Å². The summed E-state index contributed by atoms with van der Waals surface area (Å²) in [6, 6.07) is -0.0470. The molecular weight excluding hydrogens is 316 g/mol. The normalized spacial score (nSPS) is 14.0. The first-order valence-electron chi connectivity index (χ1n) is 7.74. The second-order valence-electron chi connectivity index (χ2n) is 5.15. The number of hydrogen-bond acceptors (Lipinski definition) is 3. The minimum atomic E-state index is -0.0470. The molecule has 0 aliphatic carbocycles. The number of halogens is 1. The Hall–Kier alpha value is -0.390. The molecule has 0 amide bonds. The molecule has 0 radical (unpaired) electrons. The maximum atomic E-state index is 6.74. The number of aromatic nitrogens is 2. The summed E-state index contributed by atoms with van der Waals surface area (Å²) < 4.78 is 3.03. The molecule has 0 spiro atoms. The van der Waals surface area contributed by atoms with E-state index in [-0.39, 0.29) is 11.6 Å². The molecule has 1 aromatic rings. The highest BCUT2D eigenvalue weighted by Gasteiger charge is 2.40. The van der Waals surface area contributed by atoms with Gasteiger partial charge < -0.3 is 5.73 Å². The van der Waals surface area contributed by atoms with E-state index in [1.54, 1.807) is 0 Å². The maximum absolute atomic E-state index is 6.74. The van der Waals surface area contributed by atoms with Gasteiger partial charge in [0.1, 0.15) is 0 Å². The van der Waals surface area contributed by atoms with Crippen LogP contribution in [-0.4, -0.2) is 33.3 Å². The summed E-state index contributed by atoms with van der Waals surface area (Å²) in [7, 11) is 0. The third-order valence-corrected chi connectivity index (χ3v) is 5.23.